The van der Waals surface area contributed by atoms with Crippen molar-refractivity contribution in [3.63, 3.8) is 0 Å². The molecule has 10 heteroatoms. The zero-order chi connectivity index (χ0) is 24.6. The third-order valence-corrected chi connectivity index (χ3v) is 6.82. The molecule has 0 bridgehead atoms. The van der Waals surface area contributed by atoms with E-state index >= 15 is 0 Å². The lowest BCUT2D eigenvalue weighted by Crippen LogP contribution is -2.61. The zero-order valence-corrected chi connectivity index (χ0v) is 20.6. The maximum Gasteiger partial charge on any atom is 0.417 e. The average molecular weight is 481 g/mol. The van der Waals surface area contributed by atoms with Crippen LogP contribution in [-0.2, 0) is 6.18 Å². The van der Waals surface area contributed by atoms with Crippen molar-refractivity contribution in [1.82, 2.24) is 15.5 Å². The van der Waals surface area contributed by atoms with Crippen molar-refractivity contribution in [1.29, 1.82) is 0 Å². The second kappa shape index (κ2) is 9.06. The van der Waals surface area contributed by atoms with E-state index in [1.807, 2.05) is 11.9 Å². The number of aromatic nitrogens is 2. The Labute approximate surface area is 196 Å². The van der Waals surface area contributed by atoms with Crippen molar-refractivity contribution in [3.8, 4) is 10.6 Å². The fourth-order valence-corrected chi connectivity index (χ4v) is 5.58. The second-order valence-electron chi connectivity index (χ2n) is 9.72. The molecule has 6 nitrogen and oxygen atoms in total. The van der Waals surface area contributed by atoms with Gasteiger partial charge in [-0.3, -0.25) is 4.99 Å². The summed E-state index contributed by atoms with van der Waals surface area (Å²) in [7, 11) is 3.47. The zero-order valence-electron chi connectivity index (χ0n) is 19.8. The first kappa shape index (κ1) is 25.2. The highest BCUT2D eigenvalue weighted by atomic mass is 32.1. The number of allylic oxidation sites excluding steroid dienone is 1. The minimum atomic E-state index is -4.56. The van der Waals surface area contributed by atoms with Crippen molar-refractivity contribution < 1.29 is 13.2 Å². The van der Waals surface area contributed by atoms with Crippen LogP contribution in [0.2, 0.25) is 0 Å². The highest BCUT2D eigenvalue weighted by Crippen LogP contribution is 2.41. The number of nitrogens with zero attached hydrogens (tertiary/aromatic N) is 4. The molecular formula is C23H31F3N6S. The number of piperidine rings is 1. The summed E-state index contributed by atoms with van der Waals surface area (Å²) in [6, 6.07) is 4.28. The summed E-state index contributed by atoms with van der Waals surface area (Å²) >= 11 is 1.17. The topological polar surface area (TPSA) is 79.4 Å². The molecule has 1 aromatic heterocycles. The number of nitrogens with one attached hydrogen (secondary N) is 1. The van der Waals surface area contributed by atoms with E-state index in [0.29, 0.717) is 16.3 Å². The Hall–Kier alpha value is -2.46. The van der Waals surface area contributed by atoms with Crippen molar-refractivity contribution in [2.75, 3.05) is 19.0 Å². The molecule has 1 saturated heterocycles. The van der Waals surface area contributed by atoms with Gasteiger partial charge in [-0.2, -0.15) is 13.2 Å². The van der Waals surface area contributed by atoms with Crippen LogP contribution in [0, 0.1) is 0 Å². The van der Waals surface area contributed by atoms with Crippen molar-refractivity contribution in [2.45, 2.75) is 63.8 Å². The molecule has 3 N–H and O–H groups in total. The molecule has 0 amide bonds. The average Bonchev–Trinajstić information content (AvgIpc) is 3.18. The molecule has 1 aliphatic rings. The van der Waals surface area contributed by atoms with Gasteiger partial charge < -0.3 is 16.0 Å². The molecule has 0 unspecified atom stereocenters. The number of rotatable bonds is 5. The monoisotopic (exact) mass is 480 g/mol. The molecule has 0 aliphatic carbocycles. The SMILES string of the molecule is CN=CC(=CN)c1ccc(-c2nnc(N(C)C3CC(C)(C)NC(C)(C)C3)s2)c(C(F)(F)F)c1. The molecule has 1 fully saturated rings. The van der Waals surface area contributed by atoms with Crippen LogP contribution < -0.4 is 16.0 Å². The van der Waals surface area contributed by atoms with Gasteiger partial charge in [-0.1, -0.05) is 23.5 Å². The quantitative estimate of drug-likeness (QED) is 0.591. The second-order valence-corrected chi connectivity index (χ2v) is 10.7. The smallest absolute Gasteiger partial charge is 0.404 e. The van der Waals surface area contributed by atoms with Crippen LogP contribution >= 0.6 is 11.3 Å². The Morgan fingerprint density at radius 1 is 1.21 bits per heavy atom. The Balaban J connectivity index is 1.97. The van der Waals surface area contributed by atoms with Gasteiger partial charge in [0.15, 0.2) is 0 Å². The highest BCUT2D eigenvalue weighted by molar-refractivity contribution is 7.18. The summed E-state index contributed by atoms with van der Waals surface area (Å²) in [4.78, 5) is 5.90. The van der Waals surface area contributed by atoms with Gasteiger partial charge in [-0.25, -0.2) is 0 Å². The van der Waals surface area contributed by atoms with Gasteiger partial charge in [0.1, 0.15) is 5.01 Å². The molecule has 33 heavy (non-hydrogen) atoms. The maximum absolute atomic E-state index is 13.9. The van der Waals surface area contributed by atoms with E-state index in [9.17, 15) is 13.2 Å². The van der Waals surface area contributed by atoms with Crippen molar-refractivity contribution >= 4 is 28.3 Å². The predicted molar refractivity (Wildman–Crippen MR) is 130 cm³/mol. The lowest BCUT2D eigenvalue weighted by Gasteiger charge is -2.48. The molecule has 1 aliphatic heterocycles. The van der Waals surface area contributed by atoms with E-state index in [1.54, 1.807) is 6.07 Å². The fourth-order valence-electron chi connectivity index (χ4n) is 4.66. The normalized spacial score (nSPS) is 19.2. The first-order valence-electron chi connectivity index (χ1n) is 10.7. The lowest BCUT2D eigenvalue weighted by molar-refractivity contribution is -0.137. The summed E-state index contributed by atoms with van der Waals surface area (Å²) in [6.45, 7) is 8.63. The van der Waals surface area contributed by atoms with Gasteiger partial charge in [-0.15, -0.1) is 10.2 Å². The molecule has 2 heterocycles. The van der Waals surface area contributed by atoms with Gasteiger partial charge in [-0.05, 0) is 52.2 Å². The summed E-state index contributed by atoms with van der Waals surface area (Å²) in [5.41, 5.74) is 5.41. The third-order valence-electron chi connectivity index (χ3n) is 5.77. The number of nitrogens with two attached hydrogens (primary N) is 1. The third kappa shape index (κ3) is 5.73. The van der Waals surface area contributed by atoms with Gasteiger partial charge in [0.25, 0.3) is 0 Å². The highest BCUT2D eigenvalue weighted by Gasteiger charge is 2.40. The number of anilines is 1. The first-order chi connectivity index (χ1) is 15.3. The van der Waals surface area contributed by atoms with Gasteiger partial charge >= 0.3 is 6.18 Å². The predicted octanol–water partition coefficient (Wildman–Crippen LogP) is 4.97. The fraction of sp³-hybridized carbons (Fsp3) is 0.522. The number of halogens is 3. The molecule has 180 valence electrons. The van der Waals surface area contributed by atoms with Crippen LogP contribution in [0.15, 0.2) is 29.4 Å². The van der Waals surface area contributed by atoms with Crippen LogP contribution in [0.3, 0.4) is 0 Å². The van der Waals surface area contributed by atoms with Crippen LogP contribution in [0.25, 0.3) is 16.1 Å². The van der Waals surface area contributed by atoms with E-state index in [2.05, 4.69) is 48.2 Å². The van der Waals surface area contributed by atoms with Gasteiger partial charge in [0, 0.05) is 54.8 Å². The van der Waals surface area contributed by atoms with Crippen molar-refractivity contribution in [2.24, 2.45) is 10.7 Å². The number of benzene rings is 1. The number of hydrogen-bond donors (Lipinski definition) is 2. The summed E-state index contributed by atoms with van der Waals surface area (Å²) < 4.78 is 41.8. The van der Waals surface area contributed by atoms with E-state index in [0.717, 1.165) is 18.9 Å². The van der Waals surface area contributed by atoms with E-state index in [1.165, 1.54) is 36.9 Å². The molecule has 0 radical (unpaired) electrons. The standard InChI is InChI=1S/C23H31F3N6S/c1-21(2)10-16(11-22(3,4)31-21)32(6)20-30-29-19(33-20)17-8-7-14(15(12-27)13-28-5)9-18(17)23(24,25)26/h7-9,12-13,16,31H,10-11,27H2,1-6H3. The van der Waals surface area contributed by atoms with E-state index < -0.39 is 11.7 Å². The molecular weight excluding hydrogens is 449 g/mol. The Kier molecular flexibility index (Phi) is 6.91. The summed E-state index contributed by atoms with van der Waals surface area (Å²) in [5.74, 6) is 0. The largest absolute Gasteiger partial charge is 0.417 e. The van der Waals surface area contributed by atoms with Crippen molar-refractivity contribution in [3.05, 3.63) is 35.5 Å². The number of alkyl halides is 3. The Bertz CT molecular complexity index is 1040. The number of hydrogen-bond acceptors (Lipinski definition) is 7. The summed E-state index contributed by atoms with van der Waals surface area (Å²) in [5, 5.41) is 12.8. The molecule has 0 saturated carbocycles. The minimum Gasteiger partial charge on any atom is -0.404 e. The molecule has 0 atom stereocenters. The Morgan fingerprint density at radius 2 is 1.85 bits per heavy atom. The summed E-state index contributed by atoms with van der Waals surface area (Å²) in [6.07, 6.45) is -0.123. The number of aliphatic imine (C=N–C) groups is 1. The van der Waals surface area contributed by atoms with Crippen LogP contribution in [0.5, 0.6) is 0 Å². The van der Waals surface area contributed by atoms with Crippen LogP contribution in [0.4, 0.5) is 18.3 Å². The minimum absolute atomic E-state index is 0.000760. The molecule has 3 rings (SSSR count). The van der Waals surface area contributed by atoms with Crippen LogP contribution in [0.1, 0.15) is 51.7 Å². The molecule has 1 aromatic carbocycles. The Morgan fingerprint density at radius 3 is 2.39 bits per heavy atom. The lowest BCUT2D eigenvalue weighted by atomic mass is 9.79. The molecule has 2 aromatic rings. The molecule has 0 spiro atoms. The van der Waals surface area contributed by atoms with E-state index in [-0.39, 0.29) is 27.7 Å². The van der Waals surface area contributed by atoms with Gasteiger partial charge in [0.2, 0.25) is 5.13 Å². The van der Waals surface area contributed by atoms with Crippen LogP contribution in [-0.4, -0.2) is 47.6 Å². The first-order valence-corrected chi connectivity index (χ1v) is 11.5. The van der Waals surface area contributed by atoms with E-state index in [4.69, 9.17) is 5.73 Å². The maximum atomic E-state index is 13.9. The van der Waals surface area contributed by atoms with Gasteiger partial charge in [0.05, 0.1) is 5.56 Å².